The molecule has 0 heterocycles. The van der Waals surface area contributed by atoms with Crippen molar-refractivity contribution in [3.8, 4) is 5.75 Å². The summed E-state index contributed by atoms with van der Waals surface area (Å²) in [5.74, 6) is -0.645. The van der Waals surface area contributed by atoms with Gasteiger partial charge in [-0.1, -0.05) is 47.6 Å². The van der Waals surface area contributed by atoms with Crippen molar-refractivity contribution in [2.24, 2.45) is 0 Å². The minimum Gasteiger partial charge on any atom is -0.486 e. The van der Waals surface area contributed by atoms with E-state index in [1.165, 1.54) is 29.4 Å². The van der Waals surface area contributed by atoms with Crippen LogP contribution in [0.3, 0.4) is 0 Å². The Morgan fingerprint density at radius 2 is 1.97 bits per heavy atom. The number of allylic oxidation sites excluding steroid dienone is 6. The Kier molecular flexibility index (Phi) is 12.1. The van der Waals surface area contributed by atoms with Crippen LogP contribution in [0, 0.1) is 5.82 Å². The molecular formula is C26H34FNO2. The van der Waals surface area contributed by atoms with Crippen LogP contribution >= 0.6 is 0 Å². The molecule has 0 saturated heterocycles. The first-order valence-corrected chi connectivity index (χ1v) is 10.2. The lowest BCUT2D eigenvalue weighted by Crippen LogP contribution is -2.17. The van der Waals surface area contributed by atoms with E-state index in [-0.39, 0.29) is 18.1 Å². The zero-order valence-corrected chi connectivity index (χ0v) is 18.7. The summed E-state index contributed by atoms with van der Waals surface area (Å²) in [7, 11) is 1.98. The maximum Gasteiger partial charge on any atom is 0.185 e. The molecule has 0 saturated carbocycles. The Bertz CT molecular complexity index is 814. The molecule has 0 atom stereocenters. The average molecular weight is 412 g/mol. The molecule has 0 spiro atoms. The van der Waals surface area contributed by atoms with Gasteiger partial charge in [-0.15, -0.1) is 6.58 Å². The second-order valence-corrected chi connectivity index (χ2v) is 7.49. The minimum atomic E-state index is -0.542. The number of benzene rings is 1. The van der Waals surface area contributed by atoms with Crippen molar-refractivity contribution in [2.75, 3.05) is 26.7 Å². The van der Waals surface area contributed by atoms with Crippen LogP contribution < -0.4 is 4.74 Å². The van der Waals surface area contributed by atoms with Gasteiger partial charge in [-0.3, -0.25) is 9.69 Å². The Hall–Kier alpha value is -2.72. The standard InChI is InChI=1S/C26H34FNO2/c1-6-17-28(5)18-7-8-19-30-26-16-15-23(20-24(26)27)25(29)14-10-13-22(4)12-9-11-21(2)3/h6-8,10-11,13-16,20H,1,9,12,17-19H2,2-5H3/b8-7+,14-10+,22-13+. The molecule has 0 aliphatic carbocycles. The van der Waals surface area contributed by atoms with E-state index in [0.29, 0.717) is 5.56 Å². The molecule has 0 N–H and O–H groups in total. The molecule has 1 aromatic rings. The summed E-state index contributed by atoms with van der Waals surface area (Å²) in [6.07, 6.45) is 14.9. The molecule has 0 radical (unpaired) electrons. The number of rotatable bonds is 13. The number of ether oxygens (including phenoxy) is 1. The third kappa shape index (κ3) is 10.7. The Morgan fingerprint density at radius 3 is 2.63 bits per heavy atom. The van der Waals surface area contributed by atoms with E-state index in [4.69, 9.17) is 4.74 Å². The summed E-state index contributed by atoms with van der Waals surface area (Å²) in [5, 5.41) is 0. The zero-order chi connectivity index (χ0) is 22.4. The molecule has 4 heteroatoms. The maximum atomic E-state index is 14.2. The predicted octanol–water partition coefficient (Wildman–Crippen LogP) is 6.31. The molecule has 30 heavy (non-hydrogen) atoms. The van der Waals surface area contributed by atoms with Crippen LogP contribution in [0.1, 0.15) is 44.0 Å². The molecular weight excluding hydrogens is 377 g/mol. The molecule has 1 aromatic carbocycles. The van der Waals surface area contributed by atoms with E-state index < -0.39 is 5.82 Å². The number of carbonyl (C=O) groups excluding carboxylic acids is 1. The van der Waals surface area contributed by atoms with Crippen LogP contribution in [0.25, 0.3) is 0 Å². The average Bonchev–Trinajstić information content (AvgIpc) is 2.68. The SMILES string of the molecule is C=CCN(C)C/C=C/COc1ccc(C(=O)/C=C/C=C(\C)CCC=C(C)C)cc1F. The van der Waals surface area contributed by atoms with E-state index in [0.717, 1.165) is 25.9 Å². The first-order chi connectivity index (χ1) is 14.3. The van der Waals surface area contributed by atoms with Crippen LogP contribution in [0.5, 0.6) is 5.75 Å². The number of hydrogen-bond donors (Lipinski definition) is 0. The fourth-order valence-electron chi connectivity index (χ4n) is 2.59. The highest BCUT2D eigenvalue weighted by Gasteiger charge is 2.08. The van der Waals surface area contributed by atoms with E-state index in [1.54, 1.807) is 12.1 Å². The molecule has 3 nitrogen and oxygen atoms in total. The van der Waals surface area contributed by atoms with Crippen molar-refractivity contribution in [2.45, 2.75) is 33.6 Å². The molecule has 0 bridgehead atoms. The number of nitrogens with zero attached hydrogens (tertiary/aromatic N) is 1. The number of hydrogen-bond acceptors (Lipinski definition) is 3. The Balaban J connectivity index is 2.55. The van der Waals surface area contributed by atoms with Gasteiger partial charge in [0.2, 0.25) is 0 Å². The van der Waals surface area contributed by atoms with E-state index in [9.17, 15) is 9.18 Å². The third-order valence-corrected chi connectivity index (χ3v) is 4.30. The van der Waals surface area contributed by atoms with Crippen LogP contribution in [0.15, 0.2) is 78.5 Å². The van der Waals surface area contributed by atoms with Gasteiger partial charge in [-0.25, -0.2) is 4.39 Å². The Morgan fingerprint density at radius 1 is 1.20 bits per heavy atom. The number of halogens is 1. The normalized spacial score (nSPS) is 12.0. The lowest BCUT2D eigenvalue weighted by atomic mass is 10.1. The molecule has 0 aliphatic heterocycles. The van der Waals surface area contributed by atoms with Gasteiger partial charge < -0.3 is 4.74 Å². The van der Waals surface area contributed by atoms with Crippen LogP contribution in [-0.2, 0) is 0 Å². The topological polar surface area (TPSA) is 29.5 Å². The van der Waals surface area contributed by atoms with Crippen LogP contribution in [-0.4, -0.2) is 37.4 Å². The van der Waals surface area contributed by atoms with Gasteiger partial charge in [0.1, 0.15) is 6.61 Å². The van der Waals surface area contributed by atoms with Gasteiger partial charge in [-0.05, 0) is 64.9 Å². The number of carbonyl (C=O) groups is 1. The molecule has 0 fully saturated rings. The quantitative estimate of drug-likeness (QED) is 0.165. The van der Waals surface area contributed by atoms with Crippen molar-refractivity contribution in [1.29, 1.82) is 0 Å². The van der Waals surface area contributed by atoms with Gasteiger partial charge in [0.05, 0.1) is 0 Å². The first-order valence-electron chi connectivity index (χ1n) is 10.2. The van der Waals surface area contributed by atoms with Crippen molar-refractivity contribution in [3.63, 3.8) is 0 Å². The molecule has 162 valence electrons. The second kappa shape index (κ2) is 14.3. The number of likely N-dealkylation sites (N-methyl/N-ethyl adjacent to an activating group) is 1. The van der Waals surface area contributed by atoms with E-state index >= 15 is 0 Å². The van der Waals surface area contributed by atoms with Gasteiger partial charge >= 0.3 is 0 Å². The van der Waals surface area contributed by atoms with Crippen molar-refractivity contribution < 1.29 is 13.9 Å². The number of ketones is 1. The van der Waals surface area contributed by atoms with E-state index in [1.807, 2.05) is 38.3 Å². The highest BCUT2D eigenvalue weighted by Crippen LogP contribution is 2.19. The fraction of sp³-hybridized carbons (Fsp3) is 0.346. The lowest BCUT2D eigenvalue weighted by molar-refractivity contribution is 0.104. The molecule has 0 unspecified atom stereocenters. The van der Waals surface area contributed by atoms with E-state index in [2.05, 4.69) is 31.4 Å². The summed E-state index contributed by atoms with van der Waals surface area (Å²) >= 11 is 0. The third-order valence-electron chi connectivity index (χ3n) is 4.30. The van der Waals surface area contributed by atoms with Crippen molar-refractivity contribution in [1.82, 2.24) is 4.90 Å². The van der Waals surface area contributed by atoms with Crippen molar-refractivity contribution in [3.05, 3.63) is 89.8 Å². The molecule has 1 rings (SSSR count). The van der Waals surface area contributed by atoms with Crippen molar-refractivity contribution >= 4 is 5.78 Å². The highest BCUT2D eigenvalue weighted by atomic mass is 19.1. The first kappa shape index (κ1) is 25.3. The largest absolute Gasteiger partial charge is 0.486 e. The summed E-state index contributed by atoms with van der Waals surface area (Å²) in [5.41, 5.74) is 2.79. The highest BCUT2D eigenvalue weighted by molar-refractivity contribution is 6.04. The molecule has 0 amide bonds. The predicted molar refractivity (Wildman–Crippen MR) is 125 cm³/mol. The molecule has 0 aliphatic rings. The minimum absolute atomic E-state index is 0.134. The fourth-order valence-corrected chi connectivity index (χ4v) is 2.59. The van der Waals surface area contributed by atoms with Gasteiger partial charge in [0.25, 0.3) is 0 Å². The van der Waals surface area contributed by atoms with Gasteiger partial charge in [0.15, 0.2) is 17.3 Å². The lowest BCUT2D eigenvalue weighted by Gasteiger charge is -2.10. The van der Waals surface area contributed by atoms with Crippen LogP contribution in [0.2, 0.25) is 0 Å². The van der Waals surface area contributed by atoms with Gasteiger partial charge in [0, 0.05) is 18.7 Å². The summed E-state index contributed by atoms with van der Waals surface area (Å²) in [6.45, 7) is 11.7. The summed E-state index contributed by atoms with van der Waals surface area (Å²) in [4.78, 5) is 14.3. The monoisotopic (exact) mass is 411 g/mol. The van der Waals surface area contributed by atoms with Gasteiger partial charge in [-0.2, -0.15) is 0 Å². The smallest absolute Gasteiger partial charge is 0.185 e. The summed E-state index contributed by atoms with van der Waals surface area (Å²) < 4.78 is 19.7. The maximum absolute atomic E-state index is 14.2. The Labute approximate surface area is 180 Å². The summed E-state index contributed by atoms with van der Waals surface area (Å²) in [6, 6.07) is 4.29. The second-order valence-electron chi connectivity index (χ2n) is 7.49. The van der Waals surface area contributed by atoms with Crippen LogP contribution in [0.4, 0.5) is 4.39 Å². The zero-order valence-electron chi connectivity index (χ0n) is 18.7. The molecule has 0 aromatic heterocycles.